The first-order valence-corrected chi connectivity index (χ1v) is 26.1. The van der Waals surface area contributed by atoms with Crippen LogP contribution < -0.4 is 21.3 Å². The Bertz CT molecular complexity index is 2640. The highest BCUT2D eigenvalue weighted by atomic mass is 19.1. The number of hydrogen-bond acceptors (Lipinski definition) is 8. The van der Waals surface area contributed by atoms with E-state index in [0.717, 1.165) is 33.8 Å². The highest BCUT2D eigenvalue weighted by Crippen LogP contribution is 2.50. The summed E-state index contributed by atoms with van der Waals surface area (Å²) in [4.78, 5) is 88.6. The third kappa shape index (κ3) is 9.72. The summed E-state index contributed by atoms with van der Waals surface area (Å²) >= 11 is 0. The van der Waals surface area contributed by atoms with Gasteiger partial charge in [0.05, 0.1) is 12.1 Å². The van der Waals surface area contributed by atoms with Gasteiger partial charge in [-0.2, -0.15) is 0 Å². The van der Waals surface area contributed by atoms with Gasteiger partial charge in [-0.3, -0.25) is 29.0 Å². The maximum absolute atomic E-state index is 16.8. The second-order valence-electron chi connectivity index (χ2n) is 21.5. The van der Waals surface area contributed by atoms with Crippen molar-refractivity contribution in [2.75, 3.05) is 50.1 Å². The maximum atomic E-state index is 16.8. The molecule has 4 aromatic rings. The lowest BCUT2D eigenvalue weighted by Gasteiger charge is -2.41. The fourth-order valence-electron chi connectivity index (χ4n) is 12.9. The van der Waals surface area contributed by atoms with E-state index in [0.29, 0.717) is 55.6 Å². The Hall–Kier alpha value is -7.24. The van der Waals surface area contributed by atoms with Crippen LogP contribution >= 0.6 is 0 Å². The number of nitrogens with zero attached hydrogens (tertiary/aromatic N) is 6. The molecule has 0 bridgehead atoms. The minimum Gasteiger partial charge on any atom is -0.465 e. The molecule has 4 heterocycles. The number of anilines is 2. The van der Waals surface area contributed by atoms with E-state index in [1.54, 1.807) is 56.9 Å². The number of primary amides is 2. The second kappa shape index (κ2) is 21.5. The molecule has 16 nitrogen and oxygen atoms in total. The van der Waals surface area contributed by atoms with Gasteiger partial charge in [-0.25, -0.2) is 18.4 Å². The number of amides is 6. The van der Waals surface area contributed by atoms with Crippen LogP contribution in [0.5, 0.6) is 0 Å². The Morgan fingerprint density at radius 2 is 0.987 bits per heavy atom. The van der Waals surface area contributed by atoms with E-state index in [2.05, 4.69) is 12.1 Å². The molecule has 4 aliphatic heterocycles. The third-order valence-electron chi connectivity index (χ3n) is 16.6. The number of carbonyl (C=O) groups is 6. The molecule has 4 aromatic carbocycles. The zero-order chi connectivity index (χ0) is 54.3. The first-order chi connectivity index (χ1) is 35.6. The Morgan fingerprint density at radius 1 is 0.587 bits per heavy atom. The van der Waals surface area contributed by atoms with E-state index in [1.807, 2.05) is 47.4 Å². The molecule has 1 unspecified atom stereocenters. The summed E-state index contributed by atoms with van der Waals surface area (Å²) in [7, 11) is 2.65. The van der Waals surface area contributed by atoms with E-state index in [4.69, 9.17) is 11.5 Å². The van der Waals surface area contributed by atoms with Crippen molar-refractivity contribution in [1.29, 1.82) is 0 Å². The summed E-state index contributed by atoms with van der Waals surface area (Å²) in [6.45, 7) is 8.27. The molecule has 75 heavy (non-hydrogen) atoms. The van der Waals surface area contributed by atoms with E-state index in [1.165, 1.54) is 41.6 Å². The number of piperidine rings is 1. The van der Waals surface area contributed by atoms with Gasteiger partial charge in [0.2, 0.25) is 23.6 Å². The first kappa shape index (κ1) is 54.0. The van der Waals surface area contributed by atoms with Gasteiger partial charge in [-0.1, -0.05) is 107 Å². The number of carbonyl (C=O) groups excluding carboxylic acids is 4. The zero-order valence-corrected chi connectivity index (χ0v) is 43.6. The molecule has 0 aliphatic carbocycles. The standard InChI is InChI=1S/C57H70F2N8O8/c1-34(2)47(62(5)54(72)73)50(68)65-28-10-26-56(65,52(60)70)40-18-14-38(15-19-40)45-22-23-46(67(45)42-32-43(58)49(44(59)33-42)64-30-24-37(25-31-64)36-12-8-7-9-13-36)39-16-20-41(21-17-39)57(53(61)71)27-11-29-66(57)51(69)48(35(3)4)63(6)55(74)75/h7-9,12-21,32-35,37,45-48H,10-11,22-31H2,1-6H3,(H2,60,70)(H2,61,71)(H,72,73)(H,74,75)/t45-,46?,47-,48-,56-,57-/m0/s1. The van der Waals surface area contributed by atoms with E-state index in [-0.39, 0.29) is 37.5 Å². The molecule has 4 fully saturated rings. The molecule has 4 aliphatic rings. The van der Waals surface area contributed by atoms with Gasteiger partial charge in [0.1, 0.15) is 28.8 Å². The minimum absolute atomic E-state index is 0.0883. The van der Waals surface area contributed by atoms with Crippen LogP contribution in [0.4, 0.5) is 29.7 Å². The number of hydrogen-bond donors (Lipinski definition) is 4. The van der Waals surface area contributed by atoms with Crippen molar-refractivity contribution >= 4 is 47.2 Å². The van der Waals surface area contributed by atoms with Crippen LogP contribution in [0.2, 0.25) is 0 Å². The molecule has 6 amide bonds. The monoisotopic (exact) mass is 1030 g/mol. The number of likely N-dealkylation sites (N-methyl/N-ethyl adjacent to an activating group) is 2. The average Bonchev–Trinajstić information content (AvgIpc) is 4.17. The fraction of sp³-hybridized carbons (Fsp3) is 0.474. The predicted molar refractivity (Wildman–Crippen MR) is 280 cm³/mol. The average molecular weight is 1030 g/mol. The summed E-state index contributed by atoms with van der Waals surface area (Å²) in [5, 5.41) is 19.7. The Kier molecular flexibility index (Phi) is 15.5. The Labute approximate surface area is 437 Å². The molecule has 0 aromatic heterocycles. The lowest BCUT2D eigenvalue weighted by Crippen LogP contribution is -2.59. The summed E-state index contributed by atoms with van der Waals surface area (Å²) in [5.74, 6) is -4.53. The number of halogens is 2. The minimum atomic E-state index is -1.57. The van der Waals surface area contributed by atoms with Gasteiger partial charge in [0.25, 0.3) is 0 Å². The van der Waals surface area contributed by atoms with Crippen LogP contribution in [0, 0.1) is 23.5 Å². The molecule has 6 N–H and O–H groups in total. The predicted octanol–water partition coefficient (Wildman–Crippen LogP) is 8.31. The second-order valence-corrected chi connectivity index (χ2v) is 21.5. The van der Waals surface area contributed by atoms with Crippen molar-refractivity contribution in [3.05, 3.63) is 130 Å². The van der Waals surface area contributed by atoms with Gasteiger partial charge in [0, 0.05) is 46.0 Å². The molecule has 6 atom stereocenters. The summed E-state index contributed by atoms with van der Waals surface area (Å²) in [5.41, 5.74) is 13.1. The molecular weight excluding hydrogens is 963 g/mol. The maximum Gasteiger partial charge on any atom is 0.407 e. The van der Waals surface area contributed by atoms with Crippen molar-refractivity contribution in [3.63, 3.8) is 0 Å². The highest BCUT2D eigenvalue weighted by Gasteiger charge is 2.54. The number of nitrogens with two attached hydrogens (primary N) is 2. The largest absolute Gasteiger partial charge is 0.465 e. The normalized spacial score (nSPS) is 22.9. The molecule has 18 heteroatoms. The SMILES string of the molecule is CC(C)[C@@H](C(=O)N1CCC[C@@]1(C(N)=O)c1ccc(C2CC[C@@H](c3ccc([C@]4(C(N)=O)CCCN4C(=O)[C@H](C(C)C)N(C)C(=O)O)cc3)N2c2cc(F)c(N3CCC(c4ccccc4)CC3)c(F)c2)cc1)N(C)C(=O)O. The molecule has 8 rings (SSSR count). The molecule has 4 saturated heterocycles. The molecule has 0 saturated carbocycles. The summed E-state index contributed by atoms with van der Waals surface area (Å²) < 4.78 is 33.6. The number of likely N-dealkylation sites (tertiary alicyclic amines) is 2. The van der Waals surface area contributed by atoms with Gasteiger partial charge < -0.3 is 41.3 Å². The van der Waals surface area contributed by atoms with E-state index in [9.17, 15) is 39.0 Å². The van der Waals surface area contributed by atoms with Crippen molar-refractivity contribution in [3.8, 4) is 0 Å². The lowest BCUT2D eigenvalue weighted by atomic mass is 9.84. The number of carboxylic acid groups (broad SMARTS) is 2. The van der Waals surface area contributed by atoms with Crippen LogP contribution in [-0.4, -0.2) is 118 Å². The van der Waals surface area contributed by atoms with Gasteiger partial charge in [-0.15, -0.1) is 0 Å². The first-order valence-electron chi connectivity index (χ1n) is 26.1. The lowest BCUT2D eigenvalue weighted by molar-refractivity contribution is -0.148. The smallest absolute Gasteiger partial charge is 0.407 e. The highest BCUT2D eigenvalue weighted by molar-refractivity contribution is 5.96. The Morgan fingerprint density at radius 3 is 1.35 bits per heavy atom. The number of benzene rings is 4. The van der Waals surface area contributed by atoms with Crippen LogP contribution in [0.15, 0.2) is 91.0 Å². The molecule has 0 radical (unpaired) electrons. The van der Waals surface area contributed by atoms with Crippen molar-refractivity contribution in [2.45, 2.75) is 120 Å². The van der Waals surface area contributed by atoms with Crippen molar-refractivity contribution in [2.24, 2.45) is 23.3 Å². The fourth-order valence-corrected chi connectivity index (χ4v) is 12.9. The van der Waals surface area contributed by atoms with E-state index >= 15 is 8.78 Å². The molecular formula is C57H70F2N8O8. The summed E-state index contributed by atoms with van der Waals surface area (Å²) in [6, 6.07) is 24.1. The van der Waals surface area contributed by atoms with Crippen molar-refractivity contribution in [1.82, 2.24) is 19.6 Å². The topological polar surface area (TPSA) is 214 Å². The van der Waals surface area contributed by atoms with E-state index < -0.39 is 94.5 Å². The zero-order valence-electron chi connectivity index (χ0n) is 43.6. The molecule has 400 valence electrons. The quantitative estimate of drug-likeness (QED) is 0.0894. The third-order valence-corrected chi connectivity index (χ3v) is 16.6. The van der Waals surface area contributed by atoms with Gasteiger partial charge in [0.15, 0.2) is 11.6 Å². The molecule has 0 spiro atoms. The van der Waals surface area contributed by atoms with Gasteiger partial charge >= 0.3 is 12.2 Å². The van der Waals surface area contributed by atoms with Crippen LogP contribution in [0.25, 0.3) is 0 Å². The van der Waals surface area contributed by atoms with Gasteiger partial charge in [-0.05, 0) is 109 Å². The van der Waals surface area contributed by atoms with Crippen LogP contribution in [0.3, 0.4) is 0 Å². The van der Waals surface area contributed by atoms with Crippen LogP contribution in [0.1, 0.15) is 125 Å². The summed E-state index contributed by atoms with van der Waals surface area (Å²) in [6.07, 6.45) is 1.27. The van der Waals surface area contributed by atoms with Crippen LogP contribution in [-0.2, 0) is 30.3 Å². The van der Waals surface area contributed by atoms with Crippen molar-refractivity contribution < 1.29 is 47.8 Å². The Balaban J connectivity index is 1.15. The number of rotatable bonds is 15.